The van der Waals surface area contributed by atoms with E-state index < -0.39 is 0 Å². The van der Waals surface area contributed by atoms with E-state index in [4.69, 9.17) is 21.1 Å². The number of benzene rings is 1. The average molecular weight is 496 g/mol. The Morgan fingerprint density at radius 2 is 1.88 bits per heavy atom. The molecule has 0 heterocycles. The van der Waals surface area contributed by atoms with Gasteiger partial charge in [0.15, 0.2) is 5.96 Å². The summed E-state index contributed by atoms with van der Waals surface area (Å²) in [5, 5.41) is 7.62. The van der Waals surface area contributed by atoms with Crippen LogP contribution in [0.4, 0.5) is 0 Å². The minimum atomic E-state index is 0. The normalized spacial score (nSPS) is 15.7. The third kappa shape index (κ3) is 7.21. The predicted molar refractivity (Wildman–Crippen MR) is 119 cm³/mol. The molecular weight excluding hydrogens is 465 g/mol. The highest BCUT2D eigenvalue weighted by atomic mass is 127. The summed E-state index contributed by atoms with van der Waals surface area (Å²) < 4.78 is 10.4. The van der Waals surface area contributed by atoms with Gasteiger partial charge in [-0.05, 0) is 37.0 Å². The summed E-state index contributed by atoms with van der Waals surface area (Å²) in [6, 6.07) is 8.26. The smallest absolute Gasteiger partial charge is 0.191 e. The Kier molecular flexibility index (Phi) is 11.5. The second kappa shape index (κ2) is 12.8. The van der Waals surface area contributed by atoms with Gasteiger partial charge in [0.2, 0.25) is 0 Å². The van der Waals surface area contributed by atoms with Crippen molar-refractivity contribution in [2.45, 2.75) is 31.1 Å². The summed E-state index contributed by atoms with van der Waals surface area (Å²) in [5.41, 5.74) is 1.56. The van der Waals surface area contributed by atoms with Crippen LogP contribution in [0.5, 0.6) is 0 Å². The SMILES string of the molecule is CN=C(NCCCOCCOC)NCC1(c2ccc(Cl)cc2)CCC1.I. The van der Waals surface area contributed by atoms with Gasteiger partial charge in [-0.25, -0.2) is 0 Å². The third-order valence-corrected chi connectivity index (χ3v) is 5.03. The Labute approximate surface area is 179 Å². The number of hydrogen-bond acceptors (Lipinski definition) is 3. The van der Waals surface area contributed by atoms with Crippen LogP contribution < -0.4 is 10.6 Å². The Morgan fingerprint density at radius 1 is 1.15 bits per heavy atom. The van der Waals surface area contributed by atoms with E-state index in [1.807, 2.05) is 12.1 Å². The number of aliphatic imine (C=N–C) groups is 1. The van der Waals surface area contributed by atoms with Gasteiger partial charge in [-0.15, -0.1) is 24.0 Å². The first-order valence-corrected chi connectivity index (χ1v) is 9.35. The van der Waals surface area contributed by atoms with Crippen molar-refractivity contribution in [3.05, 3.63) is 34.9 Å². The van der Waals surface area contributed by atoms with E-state index in [1.54, 1.807) is 14.2 Å². The maximum absolute atomic E-state index is 6.02. The van der Waals surface area contributed by atoms with E-state index >= 15 is 0 Å². The van der Waals surface area contributed by atoms with Crippen molar-refractivity contribution in [2.24, 2.45) is 4.99 Å². The minimum absolute atomic E-state index is 0. The molecule has 1 aromatic rings. The van der Waals surface area contributed by atoms with Crippen molar-refractivity contribution < 1.29 is 9.47 Å². The number of nitrogens with one attached hydrogen (secondary N) is 2. The topological polar surface area (TPSA) is 54.9 Å². The quantitative estimate of drug-likeness (QED) is 0.225. The fourth-order valence-electron chi connectivity index (χ4n) is 3.07. The Morgan fingerprint density at radius 3 is 2.46 bits per heavy atom. The van der Waals surface area contributed by atoms with Crippen molar-refractivity contribution in [1.29, 1.82) is 0 Å². The van der Waals surface area contributed by atoms with Gasteiger partial charge in [0.1, 0.15) is 0 Å². The molecule has 0 atom stereocenters. The highest BCUT2D eigenvalue weighted by molar-refractivity contribution is 14.0. The fourth-order valence-corrected chi connectivity index (χ4v) is 3.20. The number of methoxy groups -OCH3 is 1. The molecule has 0 aromatic heterocycles. The monoisotopic (exact) mass is 495 g/mol. The molecule has 7 heteroatoms. The summed E-state index contributed by atoms with van der Waals surface area (Å²) in [5.74, 6) is 0.845. The lowest BCUT2D eigenvalue weighted by molar-refractivity contribution is 0.0698. The zero-order chi connectivity index (χ0) is 18.0. The molecule has 2 rings (SSSR count). The summed E-state index contributed by atoms with van der Waals surface area (Å²) >= 11 is 6.02. The van der Waals surface area contributed by atoms with Crippen LogP contribution in [0.2, 0.25) is 5.02 Å². The lowest BCUT2D eigenvalue weighted by atomic mass is 9.64. The molecule has 1 saturated carbocycles. The molecular formula is C19H31ClIN3O2. The van der Waals surface area contributed by atoms with E-state index in [9.17, 15) is 0 Å². The summed E-state index contributed by atoms with van der Waals surface area (Å²) in [7, 11) is 3.49. The van der Waals surface area contributed by atoms with Crippen molar-refractivity contribution in [3.8, 4) is 0 Å². The Balaban J connectivity index is 0.00000338. The molecule has 0 bridgehead atoms. The highest BCUT2D eigenvalue weighted by Crippen LogP contribution is 2.43. The Hall–Kier alpha value is -0.570. The molecule has 148 valence electrons. The van der Waals surface area contributed by atoms with Gasteiger partial charge < -0.3 is 20.1 Å². The van der Waals surface area contributed by atoms with Crippen LogP contribution in [-0.4, -0.2) is 53.0 Å². The molecule has 0 radical (unpaired) electrons. The van der Waals surface area contributed by atoms with Crippen molar-refractivity contribution >= 4 is 41.5 Å². The highest BCUT2D eigenvalue weighted by Gasteiger charge is 2.38. The molecule has 0 saturated heterocycles. The standard InChI is InChI=1S/C19H30ClN3O2.HI/c1-21-18(22-11-4-12-25-14-13-24-2)23-15-19(9-3-10-19)16-5-7-17(20)8-6-16;/h5-8H,3-4,9-15H2,1-2H3,(H2,21,22,23);1H. The zero-order valence-corrected chi connectivity index (χ0v) is 18.8. The first kappa shape index (κ1) is 23.5. The first-order chi connectivity index (χ1) is 12.2. The van der Waals surface area contributed by atoms with Crippen LogP contribution in [0.15, 0.2) is 29.3 Å². The van der Waals surface area contributed by atoms with Crippen LogP contribution in [0, 0.1) is 0 Å². The van der Waals surface area contributed by atoms with Crippen LogP contribution in [-0.2, 0) is 14.9 Å². The third-order valence-electron chi connectivity index (χ3n) is 4.77. The first-order valence-electron chi connectivity index (χ1n) is 8.97. The molecule has 0 spiro atoms. The van der Waals surface area contributed by atoms with Gasteiger partial charge in [-0.3, -0.25) is 4.99 Å². The van der Waals surface area contributed by atoms with Crippen molar-refractivity contribution in [3.63, 3.8) is 0 Å². The summed E-state index contributed by atoms with van der Waals surface area (Å²) in [6.45, 7) is 3.73. The summed E-state index contributed by atoms with van der Waals surface area (Å²) in [6.07, 6.45) is 4.61. The number of halogens is 2. The summed E-state index contributed by atoms with van der Waals surface area (Å²) in [4.78, 5) is 4.32. The zero-order valence-electron chi connectivity index (χ0n) is 15.7. The van der Waals surface area contributed by atoms with Crippen LogP contribution in [0.3, 0.4) is 0 Å². The molecule has 1 aliphatic carbocycles. The number of hydrogen-bond donors (Lipinski definition) is 2. The lowest BCUT2D eigenvalue weighted by Crippen LogP contribution is -2.49. The van der Waals surface area contributed by atoms with E-state index in [0.29, 0.717) is 13.2 Å². The van der Waals surface area contributed by atoms with Crippen LogP contribution in [0.1, 0.15) is 31.2 Å². The molecule has 5 nitrogen and oxygen atoms in total. The maximum atomic E-state index is 6.02. The van der Waals surface area contributed by atoms with Gasteiger partial charge in [-0.1, -0.05) is 30.2 Å². The Bertz CT molecular complexity index is 536. The van der Waals surface area contributed by atoms with E-state index in [-0.39, 0.29) is 29.4 Å². The van der Waals surface area contributed by atoms with Crippen molar-refractivity contribution in [1.82, 2.24) is 10.6 Å². The molecule has 1 aliphatic rings. The number of ether oxygens (including phenoxy) is 2. The average Bonchev–Trinajstić information content (AvgIpc) is 2.59. The van der Waals surface area contributed by atoms with Gasteiger partial charge in [-0.2, -0.15) is 0 Å². The molecule has 0 aliphatic heterocycles. The second-order valence-electron chi connectivity index (χ2n) is 6.45. The van der Waals surface area contributed by atoms with E-state index in [1.165, 1.54) is 24.8 Å². The molecule has 0 amide bonds. The molecule has 0 unspecified atom stereocenters. The van der Waals surface area contributed by atoms with Gasteiger partial charge in [0, 0.05) is 44.3 Å². The van der Waals surface area contributed by atoms with E-state index in [2.05, 4.69) is 27.8 Å². The predicted octanol–water partition coefficient (Wildman–Crippen LogP) is 3.60. The van der Waals surface area contributed by atoms with Gasteiger partial charge in [0.05, 0.1) is 13.2 Å². The largest absolute Gasteiger partial charge is 0.382 e. The fraction of sp³-hybridized carbons (Fsp3) is 0.632. The second-order valence-corrected chi connectivity index (χ2v) is 6.89. The minimum Gasteiger partial charge on any atom is -0.382 e. The lowest BCUT2D eigenvalue weighted by Gasteiger charge is -2.43. The number of nitrogens with zero attached hydrogens (tertiary/aromatic N) is 1. The van der Waals surface area contributed by atoms with Crippen LogP contribution in [0.25, 0.3) is 0 Å². The molecule has 1 aromatic carbocycles. The van der Waals surface area contributed by atoms with Gasteiger partial charge >= 0.3 is 0 Å². The van der Waals surface area contributed by atoms with Crippen molar-refractivity contribution in [2.75, 3.05) is 47.1 Å². The van der Waals surface area contributed by atoms with Gasteiger partial charge in [0.25, 0.3) is 0 Å². The van der Waals surface area contributed by atoms with Crippen LogP contribution >= 0.6 is 35.6 Å². The molecule has 26 heavy (non-hydrogen) atoms. The molecule has 2 N–H and O–H groups in total. The number of guanidine groups is 1. The maximum Gasteiger partial charge on any atom is 0.191 e. The number of rotatable bonds is 10. The van der Waals surface area contributed by atoms with E-state index in [0.717, 1.165) is 37.1 Å². The molecule has 1 fully saturated rings.